The largest absolute Gasteiger partial charge is 0.398 e. The number of aryl methyl sites for hydroxylation is 2. The number of anilines is 2. The molecule has 0 amide bonds. The molecular weight excluding hydrogens is 288 g/mol. The van der Waals surface area contributed by atoms with Crippen molar-refractivity contribution in [2.45, 2.75) is 38.3 Å². The van der Waals surface area contributed by atoms with Crippen molar-refractivity contribution in [3.05, 3.63) is 23.3 Å². The first-order chi connectivity index (χ1) is 10.2. The molecule has 4 atom stereocenters. The first-order valence-corrected chi connectivity index (χ1v) is 7.10. The summed E-state index contributed by atoms with van der Waals surface area (Å²) >= 11 is 0. The lowest BCUT2D eigenvalue weighted by atomic mass is 10.0. The van der Waals surface area contributed by atoms with Crippen molar-refractivity contribution in [2.75, 3.05) is 30.8 Å². The number of likely N-dealkylation sites (N-methyl/N-ethyl adjacent to an activating group) is 1. The predicted octanol–water partition coefficient (Wildman–Crippen LogP) is -1.24. The van der Waals surface area contributed by atoms with Gasteiger partial charge in [0.2, 0.25) is 0 Å². The monoisotopic (exact) mass is 314 g/mol. The summed E-state index contributed by atoms with van der Waals surface area (Å²) in [6, 6.07) is 3.72. The van der Waals surface area contributed by atoms with Crippen LogP contribution in [-0.4, -0.2) is 70.1 Å². The van der Waals surface area contributed by atoms with Crippen molar-refractivity contribution in [2.24, 2.45) is 0 Å². The number of aliphatic hydroxyl groups is 5. The zero-order chi connectivity index (χ0) is 17.0. The average molecular weight is 314 g/mol. The van der Waals surface area contributed by atoms with Gasteiger partial charge in [-0.15, -0.1) is 0 Å². The third-order valence-electron chi connectivity index (χ3n) is 3.81. The molecule has 126 valence electrons. The van der Waals surface area contributed by atoms with Crippen molar-refractivity contribution >= 4 is 11.4 Å². The summed E-state index contributed by atoms with van der Waals surface area (Å²) < 4.78 is 0. The number of nitrogen functional groups attached to an aromatic ring is 1. The summed E-state index contributed by atoms with van der Waals surface area (Å²) in [5.74, 6) is 0. The number of hydrogen-bond acceptors (Lipinski definition) is 7. The zero-order valence-corrected chi connectivity index (χ0v) is 13.1. The lowest BCUT2D eigenvalue weighted by Gasteiger charge is -2.30. The first kappa shape index (κ1) is 18.7. The fraction of sp³-hybridized carbons (Fsp3) is 0.600. The van der Waals surface area contributed by atoms with E-state index >= 15 is 0 Å². The fourth-order valence-corrected chi connectivity index (χ4v) is 2.23. The Kier molecular flexibility index (Phi) is 6.58. The highest BCUT2D eigenvalue weighted by molar-refractivity contribution is 5.62. The molecule has 0 saturated heterocycles. The third kappa shape index (κ3) is 4.31. The molecule has 0 radical (unpaired) electrons. The highest BCUT2D eigenvalue weighted by Crippen LogP contribution is 2.24. The average Bonchev–Trinajstić information content (AvgIpc) is 2.49. The molecule has 1 aromatic rings. The summed E-state index contributed by atoms with van der Waals surface area (Å²) in [6.45, 7) is 3.11. The van der Waals surface area contributed by atoms with Gasteiger partial charge in [-0.3, -0.25) is 0 Å². The van der Waals surface area contributed by atoms with E-state index in [0.29, 0.717) is 5.69 Å². The Labute approximate surface area is 130 Å². The van der Waals surface area contributed by atoms with E-state index in [1.807, 2.05) is 26.0 Å². The van der Waals surface area contributed by atoms with Gasteiger partial charge in [-0.1, -0.05) is 0 Å². The Morgan fingerprint density at radius 3 is 1.91 bits per heavy atom. The molecule has 22 heavy (non-hydrogen) atoms. The minimum Gasteiger partial charge on any atom is -0.398 e. The van der Waals surface area contributed by atoms with Crippen LogP contribution in [0.3, 0.4) is 0 Å². The van der Waals surface area contributed by atoms with Crippen LogP contribution in [0.1, 0.15) is 11.1 Å². The van der Waals surface area contributed by atoms with Crippen molar-refractivity contribution in [3.8, 4) is 0 Å². The van der Waals surface area contributed by atoms with E-state index in [0.717, 1.165) is 16.8 Å². The van der Waals surface area contributed by atoms with Crippen LogP contribution >= 0.6 is 0 Å². The molecule has 7 N–H and O–H groups in total. The highest BCUT2D eigenvalue weighted by atomic mass is 16.4. The fourth-order valence-electron chi connectivity index (χ4n) is 2.23. The van der Waals surface area contributed by atoms with Gasteiger partial charge in [0, 0.05) is 25.0 Å². The van der Waals surface area contributed by atoms with Gasteiger partial charge in [0.05, 0.1) is 12.7 Å². The molecule has 0 aromatic heterocycles. The number of nitrogens with two attached hydrogens (primary N) is 1. The standard InChI is InChI=1S/C15H26N2O5/c1-8-4-10(5-9(2)13(8)16)17(3)6-11(19)14(21)15(22)12(20)7-18/h4-5,11-12,14-15,18-22H,6-7,16H2,1-3H3. The van der Waals surface area contributed by atoms with Gasteiger partial charge in [-0.2, -0.15) is 0 Å². The van der Waals surface area contributed by atoms with Gasteiger partial charge in [-0.25, -0.2) is 0 Å². The van der Waals surface area contributed by atoms with Crippen LogP contribution in [0.2, 0.25) is 0 Å². The summed E-state index contributed by atoms with van der Waals surface area (Å²) in [5.41, 5.74) is 9.24. The molecule has 0 heterocycles. The van der Waals surface area contributed by atoms with Crippen LogP contribution in [0.25, 0.3) is 0 Å². The lowest BCUT2D eigenvalue weighted by molar-refractivity contribution is -0.112. The number of aliphatic hydroxyl groups excluding tert-OH is 5. The first-order valence-electron chi connectivity index (χ1n) is 7.10. The van der Waals surface area contributed by atoms with Crippen molar-refractivity contribution in [1.82, 2.24) is 0 Å². The molecule has 1 rings (SSSR count). The van der Waals surface area contributed by atoms with Gasteiger partial charge < -0.3 is 36.2 Å². The van der Waals surface area contributed by atoms with E-state index in [1.54, 1.807) is 11.9 Å². The van der Waals surface area contributed by atoms with Crippen LogP contribution in [-0.2, 0) is 0 Å². The van der Waals surface area contributed by atoms with E-state index in [1.165, 1.54) is 0 Å². The molecule has 0 aliphatic rings. The van der Waals surface area contributed by atoms with Gasteiger partial charge in [0.15, 0.2) is 0 Å². The Bertz CT molecular complexity index is 474. The predicted molar refractivity (Wildman–Crippen MR) is 84.7 cm³/mol. The SMILES string of the molecule is Cc1cc(N(C)CC(O)C(O)C(O)C(O)CO)cc(C)c1N. The topological polar surface area (TPSA) is 130 Å². The quantitative estimate of drug-likeness (QED) is 0.347. The Balaban J connectivity index is 2.77. The Hall–Kier alpha value is -1.38. The van der Waals surface area contributed by atoms with Crippen LogP contribution in [0.5, 0.6) is 0 Å². The molecule has 7 heteroatoms. The Morgan fingerprint density at radius 2 is 1.45 bits per heavy atom. The summed E-state index contributed by atoms with van der Waals surface area (Å²) in [6.07, 6.45) is -5.99. The molecule has 0 saturated carbocycles. The molecule has 0 spiro atoms. The van der Waals surface area contributed by atoms with E-state index in [2.05, 4.69) is 0 Å². The molecule has 0 aliphatic carbocycles. The number of rotatable bonds is 7. The van der Waals surface area contributed by atoms with Gasteiger partial charge >= 0.3 is 0 Å². The van der Waals surface area contributed by atoms with Crippen LogP contribution in [0, 0.1) is 13.8 Å². The number of nitrogens with zero attached hydrogens (tertiary/aromatic N) is 1. The molecule has 4 unspecified atom stereocenters. The molecular formula is C15H26N2O5. The van der Waals surface area contributed by atoms with Gasteiger partial charge in [-0.05, 0) is 37.1 Å². The van der Waals surface area contributed by atoms with Crippen LogP contribution in [0.15, 0.2) is 12.1 Å². The minimum absolute atomic E-state index is 0.0408. The maximum absolute atomic E-state index is 9.99. The second-order valence-corrected chi connectivity index (χ2v) is 5.67. The van der Waals surface area contributed by atoms with Gasteiger partial charge in [0.1, 0.15) is 18.3 Å². The van der Waals surface area contributed by atoms with Crippen molar-refractivity contribution in [1.29, 1.82) is 0 Å². The number of benzene rings is 1. The number of hydrogen-bond donors (Lipinski definition) is 6. The second-order valence-electron chi connectivity index (χ2n) is 5.67. The zero-order valence-electron chi connectivity index (χ0n) is 13.1. The molecule has 7 nitrogen and oxygen atoms in total. The minimum atomic E-state index is -1.62. The maximum atomic E-state index is 9.99. The smallest absolute Gasteiger partial charge is 0.111 e. The summed E-state index contributed by atoms with van der Waals surface area (Å²) in [4.78, 5) is 1.71. The van der Waals surface area contributed by atoms with Crippen LogP contribution < -0.4 is 10.6 Å². The summed E-state index contributed by atoms with van der Waals surface area (Å²) in [5, 5.41) is 47.5. The molecule has 0 fully saturated rings. The molecule has 1 aromatic carbocycles. The maximum Gasteiger partial charge on any atom is 0.111 e. The molecule has 0 aliphatic heterocycles. The van der Waals surface area contributed by atoms with E-state index in [-0.39, 0.29) is 6.54 Å². The van der Waals surface area contributed by atoms with Crippen molar-refractivity contribution in [3.63, 3.8) is 0 Å². The van der Waals surface area contributed by atoms with Crippen LogP contribution in [0.4, 0.5) is 11.4 Å². The third-order valence-corrected chi connectivity index (χ3v) is 3.81. The van der Waals surface area contributed by atoms with E-state index in [9.17, 15) is 20.4 Å². The van der Waals surface area contributed by atoms with Gasteiger partial charge in [0.25, 0.3) is 0 Å². The normalized spacial score (nSPS) is 16.9. The van der Waals surface area contributed by atoms with Crippen molar-refractivity contribution < 1.29 is 25.5 Å². The Morgan fingerprint density at radius 1 is 1.00 bits per heavy atom. The van der Waals surface area contributed by atoms with E-state index < -0.39 is 31.0 Å². The lowest BCUT2D eigenvalue weighted by Crippen LogP contribution is -2.49. The highest BCUT2D eigenvalue weighted by Gasteiger charge is 2.30. The van der Waals surface area contributed by atoms with E-state index in [4.69, 9.17) is 10.8 Å². The summed E-state index contributed by atoms with van der Waals surface area (Å²) in [7, 11) is 1.73. The second kappa shape index (κ2) is 7.75. The molecule has 0 bridgehead atoms.